The van der Waals surface area contributed by atoms with E-state index in [-0.39, 0.29) is 0 Å². The van der Waals surface area contributed by atoms with Crippen LogP contribution >= 0.6 is 11.5 Å². The van der Waals surface area contributed by atoms with Crippen LogP contribution in [0.25, 0.3) is 0 Å². The predicted octanol–water partition coefficient (Wildman–Crippen LogP) is 2.96. The monoisotopic (exact) mass is 166 g/mol. The van der Waals surface area contributed by atoms with Crippen LogP contribution in [0.2, 0.25) is 31.9 Å². The zero-order chi connectivity index (χ0) is 8.59. The lowest BCUT2D eigenvalue weighted by molar-refractivity contribution is 1.16. The third kappa shape index (κ3) is 1.82. The lowest BCUT2D eigenvalue weighted by Gasteiger charge is -2.36. The fourth-order valence-corrected chi connectivity index (χ4v) is 3.59. The molecule has 1 saturated heterocycles. The molecule has 0 aromatic carbocycles. The normalized spacial score (nSPS) is 33.0. The van der Waals surface area contributed by atoms with Crippen molar-refractivity contribution in [1.29, 1.82) is 0 Å². The minimum atomic E-state index is 0.858. The molecule has 2 atom stereocenters. The summed E-state index contributed by atoms with van der Waals surface area (Å²) in [5.41, 5.74) is 1.79. The first-order valence-corrected chi connectivity index (χ1v) is 5.63. The Morgan fingerprint density at radius 1 is 0.909 bits per heavy atom. The van der Waals surface area contributed by atoms with Crippen LogP contribution in [0.5, 0.6) is 0 Å². The van der Waals surface area contributed by atoms with E-state index >= 15 is 0 Å². The Kier molecular flexibility index (Phi) is 3.07. The zero-order valence-corrected chi connectivity index (χ0v) is 9.11. The highest BCUT2D eigenvalue weighted by atomic mass is 32.2. The molecule has 0 spiro atoms. The number of hydrogen-bond acceptors (Lipinski definition) is 1. The minimum absolute atomic E-state index is 0.858. The molecule has 0 saturated carbocycles. The molecule has 11 heavy (non-hydrogen) atoms. The molecule has 1 heterocycles. The van der Waals surface area contributed by atoms with Gasteiger partial charge >= 0.3 is 0 Å². The van der Waals surface area contributed by atoms with Crippen molar-refractivity contribution >= 4 is 30.2 Å². The van der Waals surface area contributed by atoms with Gasteiger partial charge in [-0.1, -0.05) is 45.7 Å². The highest BCUT2D eigenvalue weighted by Gasteiger charge is 2.39. The van der Waals surface area contributed by atoms with Gasteiger partial charge in [-0.3, -0.25) is 11.5 Å². The van der Waals surface area contributed by atoms with Crippen molar-refractivity contribution in [2.75, 3.05) is 0 Å². The Morgan fingerprint density at radius 2 is 1.27 bits per heavy atom. The molecule has 0 aromatic rings. The second-order valence-electron chi connectivity index (χ2n) is 4.12. The standard InChI is InChI=1S/C7H17B3S/c1-6-8(3)7(2)10(5)11-9(6)4/h6-7H,1-5H3. The van der Waals surface area contributed by atoms with Crippen LogP contribution in [0, 0.1) is 0 Å². The summed E-state index contributed by atoms with van der Waals surface area (Å²) in [5, 5.41) is 0. The molecule has 60 valence electrons. The van der Waals surface area contributed by atoms with Gasteiger partial charge in [-0.25, -0.2) is 0 Å². The Balaban J connectivity index is 2.63. The molecule has 1 fully saturated rings. The molecule has 1 rings (SSSR count). The van der Waals surface area contributed by atoms with E-state index in [0.717, 1.165) is 30.1 Å². The lowest BCUT2D eigenvalue weighted by Crippen LogP contribution is -2.40. The summed E-state index contributed by atoms with van der Waals surface area (Å²) >= 11 is 2.16. The highest BCUT2D eigenvalue weighted by molar-refractivity contribution is 8.46. The van der Waals surface area contributed by atoms with E-state index in [9.17, 15) is 0 Å². The molecule has 0 bridgehead atoms. The van der Waals surface area contributed by atoms with E-state index in [0.29, 0.717) is 0 Å². The third-order valence-corrected chi connectivity index (χ3v) is 5.29. The van der Waals surface area contributed by atoms with Crippen LogP contribution in [-0.4, -0.2) is 18.7 Å². The fraction of sp³-hybridized carbons (Fsp3) is 1.00. The van der Waals surface area contributed by atoms with E-state index in [1.54, 1.807) is 0 Å². The van der Waals surface area contributed by atoms with Crippen molar-refractivity contribution in [3.63, 3.8) is 0 Å². The molecular formula is C7H17B3S. The van der Waals surface area contributed by atoms with Crippen LogP contribution in [0.4, 0.5) is 0 Å². The average Bonchev–Trinajstić information content (AvgIpc) is 1.97. The van der Waals surface area contributed by atoms with Crippen LogP contribution in [0.3, 0.4) is 0 Å². The maximum Gasteiger partial charge on any atom is 0.188 e. The fourth-order valence-electron chi connectivity index (χ4n) is 1.92. The van der Waals surface area contributed by atoms with Crippen molar-refractivity contribution in [2.45, 2.75) is 45.7 Å². The van der Waals surface area contributed by atoms with E-state index < -0.39 is 0 Å². The second-order valence-corrected chi connectivity index (χ2v) is 5.88. The van der Waals surface area contributed by atoms with Gasteiger partial charge in [0.15, 0.2) is 12.0 Å². The number of rotatable bonds is 0. The van der Waals surface area contributed by atoms with Gasteiger partial charge in [-0.2, -0.15) is 0 Å². The molecule has 0 aliphatic carbocycles. The first-order chi connectivity index (χ1) is 5.04. The third-order valence-electron chi connectivity index (χ3n) is 3.57. The number of hydrogen-bond donors (Lipinski definition) is 0. The molecule has 0 nitrogen and oxygen atoms in total. The van der Waals surface area contributed by atoms with Gasteiger partial charge < -0.3 is 0 Å². The summed E-state index contributed by atoms with van der Waals surface area (Å²) in [6.45, 7) is 12.8. The van der Waals surface area contributed by atoms with E-state index in [2.05, 4.69) is 45.8 Å². The molecule has 2 unspecified atom stereocenters. The summed E-state index contributed by atoms with van der Waals surface area (Å²) < 4.78 is 0. The van der Waals surface area contributed by atoms with Gasteiger partial charge in [0.1, 0.15) is 6.71 Å². The maximum atomic E-state index is 2.40. The molecule has 0 N–H and O–H groups in total. The van der Waals surface area contributed by atoms with Gasteiger partial charge in [0.25, 0.3) is 0 Å². The van der Waals surface area contributed by atoms with Gasteiger partial charge in [0.05, 0.1) is 0 Å². The Hall–Kier alpha value is 0.545. The van der Waals surface area contributed by atoms with Crippen molar-refractivity contribution in [3.8, 4) is 0 Å². The van der Waals surface area contributed by atoms with E-state index in [1.807, 2.05) is 0 Å². The first-order valence-electron chi connectivity index (χ1n) is 4.69. The van der Waals surface area contributed by atoms with Crippen LogP contribution < -0.4 is 0 Å². The minimum Gasteiger partial charge on any atom is -0.255 e. The van der Waals surface area contributed by atoms with Crippen LogP contribution in [-0.2, 0) is 0 Å². The molecule has 4 heteroatoms. The molecule has 0 radical (unpaired) electrons. The van der Waals surface area contributed by atoms with Crippen molar-refractivity contribution in [3.05, 3.63) is 0 Å². The van der Waals surface area contributed by atoms with Gasteiger partial charge in [-0.15, -0.1) is 0 Å². The molecule has 0 aromatic heterocycles. The predicted molar refractivity (Wildman–Crippen MR) is 61.3 cm³/mol. The smallest absolute Gasteiger partial charge is 0.188 e. The van der Waals surface area contributed by atoms with Gasteiger partial charge in [0, 0.05) is 0 Å². The molecule has 0 amide bonds. The Morgan fingerprint density at radius 3 is 1.64 bits per heavy atom. The Bertz CT molecular complexity index is 128. The van der Waals surface area contributed by atoms with Crippen LogP contribution in [0.15, 0.2) is 0 Å². The summed E-state index contributed by atoms with van der Waals surface area (Å²) in [5.74, 6) is 1.72. The molecule has 1 aliphatic heterocycles. The summed E-state index contributed by atoms with van der Waals surface area (Å²) in [6, 6.07) is 0. The zero-order valence-electron chi connectivity index (χ0n) is 8.29. The van der Waals surface area contributed by atoms with Gasteiger partial charge in [0.2, 0.25) is 0 Å². The van der Waals surface area contributed by atoms with Crippen molar-refractivity contribution in [2.24, 2.45) is 0 Å². The summed E-state index contributed by atoms with van der Waals surface area (Å²) in [6.07, 6.45) is 0. The molecule has 1 aliphatic rings. The van der Waals surface area contributed by atoms with Gasteiger partial charge in [-0.05, 0) is 0 Å². The van der Waals surface area contributed by atoms with Crippen molar-refractivity contribution in [1.82, 2.24) is 0 Å². The molecular weight excluding hydrogens is 149 g/mol. The topological polar surface area (TPSA) is 0 Å². The maximum absolute atomic E-state index is 2.40. The first kappa shape index (κ1) is 9.63. The lowest BCUT2D eigenvalue weighted by atomic mass is 9.20. The quantitative estimate of drug-likeness (QED) is 0.498. The highest BCUT2D eigenvalue weighted by Crippen LogP contribution is 2.39. The summed E-state index contributed by atoms with van der Waals surface area (Å²) in [7, 11) is 0. The van der Waals surface area contributed by atoms with E-state index in [4.69, 9.17) is 0 Å². The average molecular weight is 166 g/mol. The van der Waals surface area contributed by atoms with Crippen LogP contribution in [0.1, 0.15) is 13.8 Å². The second kappa shape index (κ2) is 3.51. The van der Waals surface area contributed by atoms with Crippen molar-refractivity contribution < 1.29 is 0 Å². The Labute approximate surface area is 76.3 Å². The summed E-state index contributed by atoms with van der Waals surface area (Å²) in [4.78, 5) is 0. The van der Waals surface area contributed by atoms with E-state index in [1.165, 1.54) is 0 Å². The largest absolute Gasteiger partial charge is 0.255 e. The SMILES string of the molecule is CB1SB(C)C(C)B(C)C1C.